The molecule has 1 N–H and O–H groups in total. The van der Waals surface area contributed by atoms with Crippen molar-refractivity contribution < 1.29 is 9.90 Å². The lowest BCUT2D eigenvalue weighted by Gasteiger charge is -2.19. The van der Waals surface area contributed by atoms with Gasteiger partial charge in [0.15, 0.2) is 5.65 Å². The molecule has 0 bridgehead atoms. The Morgan fingerprint density at radius 3 is 3.00 bits per heavy atom. The Hall–Kier alpha value is -2.21. The van der Waals surface area contributed by atoms with E-state index < -0.39 is 0 Å². The molecule has 0 aliphatic heterocycles. The maximum Gasteiger partial charge on any atom is 0.255 e. The Balaban J connectivity index is 2.38. The summed E-state index contributed by atoms with van der Waals surface area (Å²) in [7, 11) is 1.82. The third kappa shape index (κ3) is 2.55. The monoisotopic (exact) mass is 274 g/mol. The molecular formula is C14H18N4O2. The number of aryl methyl sites for hydroxylation is 2. The van der Waals surface area contributed by atoms with Crippen molar-refractivity contribution in [3.8, 4) is 0 Å². The number of hydrogen-bond donors (Lipinski definition) is 1. The largest absolute Gasteiger partial charge is 0.395 e. The van der Waals surface area contributed by atoms with Crippen LogP contribution >= 0.6 is 0 Å². The van der Waals surface area contributed by atoms with Gasteiger partial charge >= 0.3 is 0 Å². The van der Waals surface area contributed by atoms with Crippen LogP contribution in [0.4, 0.5) is 0 Å². The summed E-state index contributed by atoms with van der Waals surface area (Å²) < 4.78 is 1.69. The van der Waals surface area contributed by atoms with E-state index in [0.717, 1.165) is 16.7 Å². The van der Waals surface area contributed by atoms with Crippen molar-refractivity contribution in [1.29, 1.82) is 0 Å². The molecule has 2 aromatic heterocycles. The van der Waals surface area contributed by atoms with Crippen molar-refractivity contribution >= 4 is 16.9 Å². The predicted octanol–water partition coefficient (Wildman–Crippen LogP) is 0.897. The first-order valence-corrected chi connectivity index (χ1v) is 6.39. The lowest BCUT2D eigenvalue weighted by molar-refractivity contribution is 0.0742. The number of hydrogen-bond acceptors (Lipinski definition) is 4. The van der Waals surface area contributed by atoms with Gasteiger partial charge in [-0.25, -0.2) is 4.98 Å². The molecule has 106 valence electrons. The molecule has 0 saturated carbocycles. The Morgan fingerprint density at radius 1 is 1.60 bits per heavy atom. The fourth-order valence-corrected chi connectivity index (χ4v) is 2.16. The number of aliphatic hydroxyl groups is 1. The van der Waals surface area contributed by atoms with E-state index in [2.05, 4.69) is 16.7 Å². The van der Waals surface area contributed by atoms with Crippen LogP contribution in [0, 0.1) is 6.92 Å². The summed E-state index contributed by atoms with van der Waals surface area (Å²) in [4.78, 5) is 18.2. The van der Waals surface area contributed by atoms with Gasteiger partial charge in [0.2, 0.25) is 0 Å². The highest BCUT2D eigenvalue weighted by molar-refractivity contribution is 5.97. The number of nitrogens with zero attached hydrogens (tertiary/aromatic N) is 4. The second kappa shape index (κ2) is 5.83. The van der Waals surface area contributed by atoms with Crippen molar-refractivity contribution in [1.82, 2.24) is 19.7 Å². The molecule has 0 atom stereocenters. The predicted molar refractivity (Wildman–Crippen MR) is 76.4 cm³/mol. The number of aliphatic hydroxyl groups excluding tert-OH is 1. The summed E-state index contributed by atoms with van der Waals surface area (Å²) in [6.07, 6.45) is 3.17. The fraction of sp³-hybridized carbons (Fsp3) is 0.357. The Kier molecular flexibility index (Phi) is 4.14. The molecule has 20 heavy (non-hydrogen) atoms. The third-order valence-electron chi connectivity index (χ3n) is 3.12. The van der Waals surface area contributed by atoms with Gasteiger partial charge in [0, 0.05) is 31.7 Å². The van der Waals surface area contributed by atoms with Crippen LogP contribution < -0.4 is 0 Å². The molecule has 0 unspecified atom stereocenters. The van der Waals surface area contributed by atoms with Gasteiger partial charge in [-0.15, -0.1) is 6.58 Å². The number of pyridine rings is 1. The molecule has 0 aromatic carbocycles. The zero-order valence-electron chi connectivity index (χ0n) is 11.7. The van der Waals surface area contributed by atoms with E-state index in [0.29, 0.717) is 12.1 Å². The van der Waals surface area contributed by atoms with Crippen LogP contribution in [0.1, 0.15) is 16.1 Å². The van der Waals surface area contributed by atoms with E-state index in [9.17, 15) is 4.79 Å². The SMILES string of the molecule is C=CCN(CCO)C(=O)c1cnc2c(c1)c(C)nn2C. The van der Waals surface area contributed by atoms with E-state index in [-0.39, 0.29) is 19.1 Å². The quantitative estimate of drug-likeness (QED) is 0.822. The van der Waals surface area contributed by atoms with Gasteiger partial charge in [0.25, 0.3) is 5.91 Å². The number of aromatic nitrogens is 3. The topological polar surface area (TPSA) is 71.2 Å². The number of amides is 1. The van der Waals surface area contributed by atoms with E-state index in [4.69, 9.17) is 5.11 Å². The van der Waals surface area contributed by atoms with Crippen LogP contribution in [0.25, 0.3) is 11.0 Å². The molecule has 6 heteroatoms. The number of rotatable bonds is 5. The minimum Gasteiger partial charge on any atom is -0.395 e. The standard InChI is InChI=1S/C14H18N4O2/c1-4-5-18(6-7-19)14(20)11-8-12-10(2)16-17(3)13(12)15-9-11/h4,8-9,19H,1,5-7H2,2-3H3. The second-order valence-electron chi connectivity index (χ2n) is 4.57. The molecule has 6 nitrogen and oxygen atoms in total. The van der Waals surface area contributed by atoms with Gasteiger partial charge in [-0.05, 0) is 13.0 Å². The minimum absolute atomic E-state index is 0.0822. The number of carbonyl (C=O) groups excluding carboxylic acids is 1. The van der Waals surface area contributed by atoms with E-state index in [1.54, 1.807) is 23.0 Å². The molecule has 0 aliphatic rings. The highest BCUT2D eigenvalue weighted by Crippen LogP contribution is 2.17. The van der Waals surface area contributed by atoms with E-state index in [1.807, 2.05) is 14.0 Å². The molecular weight excluding hydrogens is 256 g/mol. The highest BCUT2D eigenvalue weighted by Gasteiger charge is 2.16. The van der Waals surface area contributed by atoms with Crippen LogP contribution in [0.5, 0.6) is 0 Å². The summed E-state index contributed by atoms with van der Waals surface area (Å²) in [5.74, 6) is -0.170. The Morgan fingerprint density at radius 2 is 2.35 bits per heavy atom. The van der Waals surface area contributed by atoms with Gasteiger partial charge in [-0.2, -0.15) is 5.10 Å². The van der Waals surface area contributed by atoms with Gasteiger partial charge in [-0.1, -0.05) is 6.08 Å². The Labute approximate surface area is 117 Å². The molecule has 0 saturated heterocycles. The molecule has 2 aromatic rings. The summed E-state index contributed by atoms with van der Waals surface area (Å²) in [5, 5.41) is 14.2. The van der Waals surface area contributed by atoms with Gasteiger partial charge in [0.05, 0.1) is 17.9 Å². The molecule has 0 spiro atoms. The third-order valence-corrected chi connectivity index (χ3v) is 3.12. The van der Waals surface area contributed by atoms with Crippen molar-refractivity contribution in [3.05, 3.63) is 36.2 Å². The maximum atomic E-state index is 12.4. The second-order valence-corrected chi connectivity index (χ2v) is 4.57. The molecule has 1 amide bonds. The van der Waals surface area contributed by atoms with E-state index >= 15 is 0 Å². The van der Waals surface area contributed by atoms with Crippen LogP contribution in [0.3, 0.4) is 0 Å². The lowest BCUT2D eigenvalue weighted by atomic mass is 10.2. The number of carbonyl (C=O) groups is 1. The Bertz CT molecular complexity index is 648. The van der Waals surface area contributed by atoms with Crippen LogP contribution in [-0.4, -0.2) is 50.4 Å². The van der Waals surface area contributed by atoms with E-state index in [1.165, 1.54) is 4.90 Å². The molecule has 0 aliphatic carbocycles. The van der Waals surface area contributed by atoms with Crippen molar-refractivity contribution in [2.24, 2.45) is 7.05 Å². The first-order chi connectivity index (χ1) is 9.58. The van der Waals surface area contributed by atoms with Gasteiger partial charge in [0.1, 0.15) is 0 Å². The molecule has 0 radical (unpaired) electrons. The summed E-state index contributed by atoms with van der Waals surface area (Å²) in [6, 6.07) is 1.79. The fourth-order valence-electron chi connectivity index (χ4n) is 2.16. The van der Waals surface area contributed by atoms with Crippen molar-refractivity contribution in [2.75, 3.05) is 19.7 Å². The minimum atomic E-state index is -0.170. The molecule has 2 rings (SSSR count). The lowest BCUT2D eigenvalue weighted by Crippen LogP contribution is -2.33. The number of fused-ring (bicyclic) bond motifs is 1. The maximum absolute atomic E-state index is 12.4. The van der Waals surface area contributed by atoms with Crippen molar-refractivity contribution in [2.45, 2.75) is 6.92 Å². The zero-order chi connectivity index (χ0) is 14.7. The highest BCUT2D eigenvalue weighted by atomic mass is 16.3. The smallest absolute Gasteiger partial charge is 0.255 e. The summed E-state index contributed by atoms with van der Waals surface area (Å²) >= 11 is 0. The average Bonchev–Trinajstić information content (AvgIpc) is 2.72. The summed E-state index contributed by atoms with van der Waals surface area (Å²) in [6.45, 7) is 6.09. The average molecular weight is 274 g/mol. The van der Waals surface area contributed by atoms with Crippen LogP contribution in [-0.2, 0) is 7.05 Å². The zero-order valence-corrected chi connectivity index (χ0v) is 11.7. The normalized spacial score (nSPS) is 10.8. The first kappa shape index (κ1) is 14.2. The summed E-state index contributed by atoms with van der Waals surface area (Å²) in [5.41, 5.74) is 2.07. The van der Waals surface area contributed by atoms with Crippen LogP contribution in [0.2, 0.25) is 0 Å². The van der Waals surface area contributed by atoms with Crippen LogP contribution in [0.15, 0.2) is 24.9 Å². The van der Waals surface area contributed by atoms with Gasteiger partial charge < -0.3 is 10.0 Å². The molecule has 0 fully saturated rings. The molecule has 2 heterocycles. The first-order valence-electron chi connectivity index (χ1n) is 6.39. The van der Waals surface area contributed by atoms with Gasteiger partial charge in [-0.3, -0.25) is 9.48 Å². The van der Waals surface area contributed by atoms with Crippen molar-refractivity contribution in [3.63, 3.8) is 0 Å².